The summed E-state index contributed by atoms with van der Waals surface area (Å²) in [7, 11) is 3.03. The standard InChI is InChI=1S/C5H11BO2/c1-4-5-6(7-2)8-3/h4-5H,1-3H3/b5-4+. The van der Waals surface area contributed by atoms with Crippen molar-refractivity contribution in [3.8, 4) is 0 Å². The second-order valence-electron chi connectivity index (χ2n) is 1.37. The zero-order valence-corrected chi connectivity index (χ0v) is 5.55. The van der Waals surface area contributed by atoms with Gasteiger partial charge in [-0.25, -0.2) is 0 Å². The van der Waals surface area contributed by atoms with Gasteiger partial charge in [-0.05, 0) is 6.92 Å². The van der Waals surface area contributed by atoms with E-state index in [0.29, 0.717) is 0 Å². The molecular weight excluding hydrogens is 103 g/mol. The highest BCUT2D eigenvalue weighted by Gasteiger charge is 2.05. The highest BCUT2D eigenvalue weighted by molar-refractivity contribution is 6.50. The van der Waals surface area contributed by atoms with Crippen molar-refractivity contribution < 1.29 is 9.31 Å². The van der Waals surface area contributed by atoms with Crippen LogP contribution in [-0.2, 0) is 9.31 Å². The first kappa shape index (κ1) is 7.72. The SMILES string of the molecule is C/C=C/B(OC)OC. The number of hydrogen-bond acceptors (Lipinski definition) is 2. The number of rotatable bonds is 3. The second kappa shape index (κ2) is 4.87. The summed E-state index contributed by atoms with van der Waals surface area (Å²) in [6.45, 7) is 1.92. The van der Waals surface area contributed by atoms with Crippen LogP contribution in [0.4, 0.5) is 0 Å². The largest absolute Gasteiger partial charge is 0.485 e. The molecule has 0 saturated carbocycles. The van der Waals surface area contributed by atoms with Crippen LogP contribution in [0.15, 0.2) is 12.1 Å². The summed E-state index contributed by atoms with van der Waals surface area (Å²) < 4.78 is 9.66. The molecule has 3 heteroatoms. The molecule has 0 aromatic carbocycles. The Morgan fingerprint density at radius 3 is 1.88 bits per heavy atom. The highest BCUT2D eigenvalue weighted by atomic mass is 16.6. The number of allylic oxidation sites excluding steroid dienone is 1. The molecule has 0 aliphatic heterocycles. The van der Waals surface area contributed by atoms with Crippen LogP contribution in [0.25, 0.3) is 0 Å². The van der Waals surface area contributed by atoms with Crippen LogP contribution >= 0.6 is 0 Å². The van der Waals surface area contributed by atoms with Crippen molar-refractivity contribution in [1.82, 2.24) is 0 Å². The lowest BCUT2D eigenvalue weighted by atomic mass is 9.90. The predicted octanol–water partition coefficient (Wildman–Crippen LogP) is 0.883. The third kappa shape index (κ3) is 2.83. The van der Waals surface area contributed by atoms with E-state index in [-0.39, 0.29) is 7.12 Å². The normalized spacial score (nSPS) is 10.4. The molecule has 2 nitrogen and oxygen atoms in total. The Bertz CT molecular complexity index is 68.8. The minimum absolute atomic E-state index is 0.181. The molecule has 0 atom stereocenters. The van der Waals surface area contributed by atoms with Crippen molar-refractivity contribution in [2.45, 2.75) is 6.92 Å². The summed E-state index contributed by atoms with van der Waals surface area (Å²) in [6.07, 6.45) is 1.89. The van der Waals surface area contributed by atoms with Gasteiger partial charge in [0.2, 0.25) is 0 Å². The Morgan fingerprint density at radius 1 is 1.25 bits per heavy atom. The van der Waals surface area contributed by atoms with Crippen LogP contribution in [0.1, 0.15) is 6.92 Å². The van der Waals surface area contributed by atoms with Crippen LogP contribution in [0, 0.1) is 0 Å². The highest BCUT2D eigenvalue weighted by Crippen LogP contribution is 1.84. The Labute approximate surface area is 50.6 Å². The van der Waals surface area contributed by atoms with Gasteiger partial charge in [-0.1, -0.05) is 12.1 Å². The lowest BCUT2D eigenvalue weighted by molar-refractivity contribution is 0.290. The zero-order chi connectivity index (χ0) is 6.41. The maximum atomic E-state index is 4.83. The van der Waals surface area contributed by atoms with E-state index in [1.807, 2.05) is 19.0 Å². The van der Waals surface area contributed by atoms with Crippen LogP contribution in [0.5, 0.6) is 0 Å². The summed E-state index contributed by atoms with van der Waals surface area (Å²) in [6, 6.07) is 0. The quantitative estimate of drug-likeness (QED) is 0.507. The fraction of sp³-hybridized carbons (Fsp3) is 0.600. The molecule has 0 saturated heterocycles. The van der Waals surface area contributed by atoms with Gasteiger partial charge in [0.1, 0.15) is 0 Å². The molecule has 8 heavy (non-hydrogen) atoms. The van der Waals surface area contributed by atoms with Crippen molar-refractivity contribution >= 4 is 7.12 Å². The molecule has 0 radical (unpaired) electrons. The van der Waals surface area contributed by atoms with E-state index in [9.17, 15) is 0 Å². The van der Waals surface area contributed by atoms with E-state index >= 15 is 0 Å². The molecule has 0 aliphatic rings. The zero-order valence-electron chi connectivity index (χ0n) is 5.55. The summed E-state index contributed by atoms with van der Waals surface area (Å²) in [5.41, 5.74) is 0. The monoisotopic (exact) mass is 114 g/mol. The summed E-state index contributed by atoms with van der Waals surface area (Å²) in [5, 5.41) is 0. The molecule has 46 valence electrons. The molecule has 0 fully saturated rings. The van der Waals surface area contributed by atoms with Crippen molar-refractivity contribution in [2.24, 2.45) is 0 Å². The molecule has 0 aliphatic carbocycles. The van der Waals surface area contributed by atoms with E-state index in [1.54, 1.807) is 14.2 Å². The fourth-order valence-electron chi connectivity index (χ4n) is 0.410. The van der Waals surface area contributed by atoms with E-state index < -0.39 is 0 Å². The molecule has 0 spiro atoms. The van der Waals surface area contributed by atoms with Gasteiger partial charge >= 0.3 is 7.12 Å². The van der Waals surface area contributed by atoms with Crippen molar-refractivity contribution in [3.05, 3.63) is 12.1 Å². The Hall–Kier alpha value is -0.275. The van der Waals surface area contributed by atoms with Crippen LogP contribution in [-0.4, -0.2) is 21.3 Å². The van der Waals surface area contributed by atoms with Crippen LogP contribution in [0.2, 0.25) is 0 Å². The topological polar surface area (TPSA) is 18.5 Å². The van der Waals surface area contributed by atoms with Gasteiger partial charge < -0.3 is 9.31 Å². The van der Waals surface area contributed by atoms with E-state index in [0.717, 1.165) is 0 Å². The molecule has 0 amide bonds. The lowest BCUT2D eigenvalue weighted by Crippen LogP contribution is -2.15. The maximum absolute atomic E-state index is 4.83. The van der Waals surface area contributed by atoms with Crippen LogP contribution < -0.4 is 0 Å². The van der Waals surface area contributed by atoms with Gasteiger partial charge in [0, 0.05) is 14.2 Å². The minimum Gasteiger partial charge on any atom is -0.410 e. The van der Waals surface area contributed by atoms with Gasteiger partial charge in [0.15, 0.2) is 0 Å². The predicted molar refractivity (Wildman–Crippen MR) is 34.6 cm³/mol. The first-order valence-corrected chi connectivity index (χ1v) is 2.53. The second-order valence-corrected chi connectivity index (χ2v) is 1.37. The van der Waals surface area contributed by atoms with Gasteiger partial charge in [-0.2, -0.15) is 0 Å². The third-order valence-corrected chi connectivity index (χ3v) is 0.814. The third-order valence-electron chi connectivity index (χ3n) is 0.814. The van der Waals surface area contributed by atoms with Gasteiger partial charge in [0.25, 0.3) is 0 Å². The molecule has 0 unspecified atom stereocenters. The molecule has 0 rings (SSSR count). The molecule has 0 N–H and O–H groups in total. The van der Waals surface area contributed by atoms with E-state index in [4.69, 9.17) is 9.31 Å². The average molecular weight is 114 g/mol. The smallest absolute Gasteiger partial charge is 0.410 e. The van der Waals surface area contributed by atoms with E-state index in [2.05, 4.69) is 0 Å². The van der Waals surface area contributed by atoms with Gasteiger partial charge in [-0.15, -0.1) is 0 Å². The van der Waals surface area contributed by atoms with Gasteiger partial charge in [-0.3, -0.25) is 0 Å². The molecular formula is C5H11BO2. The average Bonchev–Trinajstić information content (AvgIpc) is 1.83. The van der Waals surface area contributed by atoms with Crippen molar-refractivity contribution in [1.29, 1.82) is 0 Å². The van der Waals surface area contributed by atoms with Gasteiger partial charge in [0.05, 0.1) is 0 Å². The first-order chi connectivity index (χ1) is 3.85. The summed E-state index contributed by atoms with van der Waals surface area (Å²) in [4.78, 5) is 0. The van der Waals surface area contributed by atoms with Crippen molar-refractivity contribution in [2.75, 3.05) is 14.2 Å². The Morgan fingerprint density at radius 2 is 1.75 bits per heavy atom. The molecule has 0 aromatic heterocycles. The molecule has 0 aromatic rings. The number of hydrogen-bond donors (Lipinski definition) is 0. The summed E-state index contributed by atoms with van der Waals surface area (Å²) in [5.74, 6) is 1.83. The molecule has 0 heterocycles. The lowest BCUT2D eigenvalue weighted by Gasteiger charge is -1.99. The minimum atomic E-state index is -0.181. The Kier molecular flexibility index (Phi) is 4.71. The molecule has 0 bridgehead atoms. The fourth-order valence-corrected chi connectivity index (χ4v) is 0.410. The van der Waals surface area contributed by atoms with Crippen LogP contribution in [0.3, 0.4) is 0 Å². The maximum Gasteiger partial charge on any atom is 0.485 e. The van der Waals surface area contributed by atoms with Crippen molar-refractivity contribution in [3.63, 3.8) is 0 Å². The summed E-state index contributed by atoms with van der Waals surface area (Å²) >= 11 is 0. The Balaban J connectivity index is 3.36. The first-order valence-electron chi connectivity index (χ1n) is 2.53. The van der Waals surface area contributed by atoms with E-state index in [1.165, 1.54) is 0 Å².